The fourth-order valence-electron chi connectivity index (χ4n) is 1.89. The van der Waals surface area contributed by atoms with Gasteiger partial charge in [-0.3, -0.25) is 4.68 Å². The number of hydrogen-bond donors (Lipinski definition) is 1. The van der Waals surface area contributed by atoms with E-state index in [-0.39, 0.29) is 0 Å². The van der Waals surface area contributed by atoms with Crippen molar-refractivity contribution in [2.24, 2.45) is 0 Å². The molecular weight excluding hydrogens is 194 g/mol. The number of H-pyrrole nitrogens is 1. The third kappa shape index (κ3) is 1.10. The number of nitrogens with one attached hydrogen (secondary N) is 1. The summed E-state index contributed by atoms with van der Waals surface area (Å²) >= 11 is 5.12. The zero-order valence-corrected chi connectivity index (χ0v) is 8.77. The molecule has 1 aliphatic rings. The van der Waals surface area contributed by atoms with Crippen molar-refractivity contribution in [1.29, 1.82) is 0 Å². The predicted octanol–water partition coefficient (Wildman–Crippen LogP) is 2.74. The molecular formula is C10H11N3S. The summed E-state index contributed by atoms with van der Waals surface area (Å²) in [6, 6.07) is 2.60. The Labute approximate surface area is 86.8 Å². The highest BCUT2D eigenvalue weighted by atomic mass is 32.1. The molecule has 0 spiro atoms. The van der Waals surface area contributed by atoms with E-state index >= 15 is 0 Å². The summed E-state index contributed by atoms with van der Waals surface area (Å²) in [5.74, 6) is 0. The van der Waals surface area contributed by atoms with Crippen LogP contribution in [0, 0.1) is 11.6 Å². The normalized spacial score (nSPS) is 16.4. The van der Waals surface area contributed by atoms with E-state index in [4.69, 9.17) is 12.2 Å². The van der Waals surface area contributed by atoms with Crippen LogP contribution in [0.4, 0.5) is 0 Å². The van der Waals surface area contributed by atoms with Crippen LogP contribution in [0.25, 0.3) is 10.9 Å². The van der Waals surface area contributed by atoms with Crippen LogP contribution in [0.15, 0.2) is 12.3 Å². The number of pyridine rings is 1. The molecule has 1 fully saturated rings. The molecule has 14 heavy (non-hydrogen) atoms. The maximum Gasteiger partial charge on any atom is 0.104 e. The predicted molar refractivity (Wildman–Crippen MR) is 57.9 cm³/mol. The van der Waals surface area contributed by atoms with Crippen molar-refractivity contribution >= 4 is 23.1 Å². The van der Waals surface area contributed by atoms with Gasteiger partial charge in [0.25, 0.3) is 0 Å². The van der Waals surface area contributed by atoms with E-state index in [1.54, 1.807) is 0 Å². The average molecular weight is 205 g/mol. The smallest absolute Gasteiger partial charge is 0.104 e. The van der Waals surface area contributed by atoms with Crippen LogP contribution in [0.2, 0.25) is 0 Å². The molecule has 0 aliphatic heterocycles. The van der Waals surface area contributed by atoms with Crippen LogP contribution in [-0.4, -0.2) is 14.8 Å². The van der Waals surface area contributed by atoms with Crippen LogP contribution in [0.5, 0.6) is 0 Å². The quantitative estimate of drug-likeness (QED) is 0.726. The monoisotopic (exact) mass is 205 g/mol. The van der Waals surface area contributed by atoms with Gasteiger partial charge in [-0.25, -0.2) is 0 Å². The van der Waals surface area contributed by atoms with Crippen molar-refractivity contribution in [3.05, 3.63) is 22.6 Å². The molecule has 0 saturated heterocycles. The second-order valence-electron chi connectivity index (χ2n) is 3.88. The number of aryl methyl sites for hydroxylation is 1. The molecule has 3 rings (SSSR count). The lowest BCUT2D eigenvalue weighted by Gasteiger charge is -2.03. The molecule has 0 radical (unpaired) electrons. The molecule has 1 saturated carbocycles. The molecule has 1 N–H and O–H groups in total. The maximum atomic E-state index is 5.12. The zero-order valence-electron chi connectivity index (χ0n) is 7.95. The van der Waals surface area contributed by atoms with E-state index < -0.39 is 0 Å². The van der Waals surface area contributed by atoms with E-state index in [1.165, 1.54) is 18.4 Å². The van der Waals surface area contributed by atoms with Crippen LogP contribution < -0.4 is 0 Å². The summed E-state index contributed by atoms with van der Waals surface area (Å²) in [6.45, 7) is 2.05. The van der Waals surface area contributed by atoms with E-state index in [1.807, 2.05) is 12.3 Å². The van der Waals surface area contributed by atoms with Crippen LogP contribution in [0.1, 0.15) is 24.6 Å². The topological polar surface area (TPSA) is 33.6 Å². The van der Waals surface area contributed by atoms with Gasteiger partial charge in [0.2, 0.25) is 0 Å². The number of aromatic amines is 1. The number of nitrogens with zero attached hydrogens (tertiary/aromatic N) is 2. The first-order valence-corrected chi connectivity index (χ1v) is 5.23. The lowest BCUT2D eigenvalue weighted by atomic mass is 10.2. The standard InChI is InChI=1S/C10H11N3S/c1-6-10-7(4-9(14)12-6)5-11-13(10)8-2-3-8/h4-5,8H,2-3H2,1H3,(H,12,14). The van der Waals surface area contributed by atoms with Gasteiger partial charge in [0.1, 0.15) is 4.64 Å². The van der Waals surface area contributed by atoms with E-state index in [9.17, 15) is 0 Å². The summed E-state index contributed by atoms with van der Waals surface area (Å²) < 4.78 is 2.90. The van der Waals surface area contributed by atoms with Crippen molar-refractivity contribution in [3.63, 3.8) is 0 Å². The van der Waals surface area contributed by atoms with E-state index in [0.717, 1.165) is 15.7 Å². The molecule has 3 nitrogen and oxygen atoms in total. The Hall–Kier alpha value is -1.16. The van der Waals surface area contributed by atoms with Crippen molar-refractivity contribution in [2.75, 3.05) is 0 Å². The number of aromatic nitrogens is 3. The van der Waals surface area contributed by atoms with Crippen molar-refractivity contribution < 1.29 is 0 Å². The van der Waals surface area contributed by atoms with Crippen molar-refractivity contribution in [2.45, 2.75) is 25.8 Å². The largest absolute Gasteiger partial charge is 0.348 e. The van der Waals surface area contributed by atoms with Crippen molar-refractivity contribution in [1.82, 2.24) is 14.8 Å². The molecule has 0 aromatic carbocycles. The van der Waals surface area contributed by atoms with E-state index in [0.29, 0.717) is 6.04 Å². The first-order valence-electron chi connectivity index (χ1n) is 4.83. The maximum absolute atomic E-state index is 5.12. The summed E-state index contributed by atoms with van der Waals surface area (Å²) in [5.41, 5.74) is 2.33. The molecule has 2 heterocycles. The fourth-order valence-corrected chi connectivity index (χ4v) is 2.17. The summed E-state index contributed by atoms with van der Waals surface area (Å²) in [4.78, 5) is 3.18. The number of hydrogen-bond acceptors (Lipinski definition) is 2. The minimum Gasteiger partial charge on any atom is -0.348 e. The molecule has 0 unspecified atom stereocenters. The number of rotatable bonds is 1. The highest BCUT2D eigenvalue weighted by molar-refractivity contribution is 7.71. The van der Waals surface area contributed by atoms with Crippen molar-refractivity contribution in [3.8, 4) is 0 Å². The van der Waals surface area contributed by atoms with E-state index in [2.05, 4.69) is 21.7 Å². The second kappa shape index (κ2) is 2.67. The first-order chi connectivity index (χ1) is 6.75. The Morgan fingerprint density at radius 3 is 3.07 bits per heavy atom. The molecule has 2 aromatic rings. The molecule has 72 valence electrons. The van der Waals surface area contributed by atoms with Gasteiger partial charge < -0.3 is 4.98 Å². The fraction of sp³-hybridized carbons (Fsp3) is 0.400. The Bertz CT molecular complexity index is 548. The Morgan fingerprint density at radius 2 is 2.36 bits per heavy atom. The first kappa shape index (κ1) is 8.17. The Balaban J connectivity index is 2.38. The minimum atomic E-state index is 0.621. The summed E-state index contributed by atoms with van der Waals surface area (Å²) in [5, 5.41) is 5.56. The molecule has 0 atom stereocenters. The third-order valence-corrected chi connectivity index (χ3v) is 2.89. The van der Waals surface area contributed by atoms with Crippen LogP contribution in [-0.2, 0) is 0 Å². The lowest BCUT2D eigenvalue weighted by molar-refractivity contribution is 0.662. The SMILES string of the molecule is Cc1[nH]c(=S)cc2cnn(C3CC3)c12. The molecule has 0 amide bonds. The Morgan fingerprint density at radius 1 is 1.57 bits per heavy atom. The van der Waals surface area contributed by atoms with Gasteiger partial charge in [0.15, 0.2) is 0 Å². The molecule has 4 heteroatoms. The van der Waals surface area contributed by atoms with Gasteiger partial charge in [0, 0.05) is 11.1 Å². The zero-order chi connectivity index (χ0) is 9.71. The van der Waals surface area contributed by atoms with Crippen LogP contribution >= 0.6 is 12.2 Å². The highest BCUT2D eigenvalue weighted by Gasteiger charge is 2.26. The third-order valence-electron chi connectivity index (χ3n) is 2.67. The highest BCUT2D eigenvalue weighted by Crippen LogP contribution is 2.36. The second-order valence-corrected chi connectivity index (χ2v) is 4.32. The minimum absolute atomic E-state index is 0.621. The van der Waals surface area contributed by atoms with Gasteiger partial charge in [-0.05, 0) is 25.8 Å². The summed E-state index contributed by atoms with van der Waals surface area (Å²) in [7, 11) is 0. The van der Waals surface area contributed by atoms with Gasteiger partial charge in [-0.15, -0.1) is 0 Å². The molecule has 1 aliphatic carbocycles. The van der Waals surface area contributed by atoms with Gasteiger partial charge in [-0.2, -0.15) is 5.10 Å². The van der Waals surface area contributed by atoms with Gasteiger partial charge >= 0.3 is 0 Å². The van der Waals surface area contributed by atoms with Gasteiger partial charge in [0.05, 0.1) is 17.8 Å². The summed E-state index contributed by atoms with van der Waals surface area (Å²) in [6.07, 6.45) is 4.42. The van der Waals surface area contributed by atoms with Gasteiger partial charge in [-0.1, -0.05) is 12.2 Å². The lowest BCUT2D eigenvalue weighted by Crippen LogP contribution is -1.98. The Kier molecular flexibility index (Phi) is 1.56. The number of fused-ring (bicyclic) bond motifs is 1. The van der Waals surface area contributed by atoms with Crippen LogP contribution in [0.3, 0.4) is 0 Å². The molecule has 0 bridgehead atoms. The average Bonchev–Trinajstić information content (AvgIpc) is 2.87. The molecule has 2 aromatic heterocycles.